The molecule has 0 atom stereocenters. The first-order valence-electron chi connectivity index (χ1n) is 6.62. The van der Waals surface area contributed by atoms with Crippen LogP contribution in [0.3, 0.4) is 0 Å². The first-order chi connectivity index (χ1) is 10.1. The van der Waals surface area contributed by atoms with E-state index < -0.39 is 0 Å². The molecule has 1 aromatic carbocycles. The van der Waals surface area contributed by atoms with Gasteiger partial charge in [0, 0.05) is 11.4 Å². The van der Waals surface area contributed by atoms with Crippen LogP contribution in [-0.2, 0) is 0 Å². The van der Waals surface area contributed by atoms with Gasteiger partial charge in [-0.05, 0) is 73.2 Å². The summed E-state index contributed by atoms with van der Waals surface area (Å²) in [5.74, 6) is 1.39. The molecule has 2 aromatic rings. The van der Waals surface area contributed by atoms with E-state index >= 15 is 0 Å². The van der Waals surface area contributed by atoms with Crippen molar-refractivity contribution in [2.24, 2.45) is 5.10 Å². The minimum absolute atomic E-state index is 0.504. The Labute approximate surface area is 138 Å². The van der Waals surface area contributed by atoms with Crippen LogP contribution in [0, 0.1) is 17.4 Å². The van der Waals surface area contributed by atoms with Crippen LogP contribution in [0.15, 0.2) is 29.4 Å². The highest BCUT2D eigenvalue weighted by atomic mass is 127. The number of aromatic nitrogens is 2. The minimum Gasteiger partial charge on any atom is -0.493 e. The number of benzene rings is 1. The van der Waals surface area contributed by atoms with Gasteiger partial charge in [-0.1, -0.05) is 0 Å². The molecule has 6 heteroatoms. The molecule has 0 aliphatic heterocycles. The van der Waals surface area contributed by atoms with Gasteiger partial charge in [0.25, 0.3) is 0 Å². The van der Waals surface area contributed by atoms with Crippen LogP contribution in [0.1, 0.15) is 23.9 Å². The molecule has 0 radical (unpaired) electrons. The fraction of sp³-hybridized carbons (Fsp3) is 0.267. The van der Waals surface area contributed by atoms with Crippen LogP contribution in [0.2, 0.25) is 0 Å². The summed E-state index contributed by atoms with van der Waals surface area (Å²) in [7, 11) is 0. The van der Waals surface area contributed by atoms with E-state index in [2.05, 4.69) is 43.1 Å². The average molecular weight is 396 g/mol. The van der Waals surface area contributed by atoms with Gasteiger partial charge in [0.1, 0.15) is 5.75 Å². The largest absolute Gasteiger partial charge is 0.493 e. The Kier molecular flexibility index (Phi) is 5.49. The zero-order valence-electron chi connectivity index (χ0n) is 12.2. The van der Waals surface area contributed by atoms with Crippen molar-refractivity contribution in [1.82, 2.24) is 9.97 Å². The van der Waals surface area contributed by atoms with E-state index in [1.54, 1.807) is 6.21 Å². The van der Waals surface area contributed by atoms with E-state index in [9.17, 15) is 0 Å². The topological polar surface area (TPSA) is 59.4 Å². The van der Waals surface area contributed by atoms with E-state index in [-0.39, 0.29) is 0 Å². The van der Waals surface area contributed by atoms with Gasteiger partial charge in [-0.2, -0.15) is 5.10 Å². The van der Waals surface area contributed by atoms with Gasteiger partial charge in [-0.15, -0.1) is 0 Å². The van der Waals surface area contributed by atoms with Crippen molar-refractivity contribution in [3.8, 4) is 5.75 Å². The van der Waals surface area contributed by atoms with Crippen molar-refractivity contribution in [2.75, 3.05) is 12.0 Å². The quantitative estimate of drug-likeness (QED) is 0.477. The first kappa shape index (κ1) is 15.7. The van der Waals surface area contributed by atoms with Gasteiger partial charge in [-0.3, -0.25) is 0 Å². The predicted molar refractivity (Wildman–Crippen MR) is 93.1 cm³/mol. The Balaban J connectivity index is 2.05. The number of nitrogens with one attached hydrogen (secondary N) is 1. The molecule has 0 unspecified atom stereocenters. The highest BCUT2D eigenvalue weighted by Gasteiger charge is 2.01. The number of aryl methyl sites for hydroxylation is 2. The van der Waals surface area contributed by atoms with E-state index in [0.717, 1.165) is 26.3 Å². The molecule has 0 aliphatic rings. The Morgan fingerprint density at radius 1 is 1.24 bits per heavy atom. The van der Waals surface area contributed by atoms with Crippen molar-refractivity contribution in [3.63, 3.8) is 0 Å². The maximum Gasteiger partial charge on any atom is 0.243 e. The van der Waals surface area contributed by atoms with Crippen molar-refractivity contribution >= 4 is 34.8 Å². The van der Waals surface area contributed by atoms with Gasteiger partial charge in [0.05, 0.1) is 16.4 Å². The summed E-state index contributed by atoms with van der Waals surface area (Å²) in [5.41, 5.74) is 5.66. The number of hydrogen-bond acceptors (Lipinski definition) is 5. The molecule has 5 nitrogen and oxygen atoms in total. The van der Waals surface area contributed by atoms with Crippen LogP contribution in [0.5, 0.6) is 5.75 Å². The molecular weight excluding hydrogens is 379 g/mol. The van der Waals surface area contributed by atoms with E-state index in [4.69, 9.17) is 4.74 Å². The average Bonchev–Trinajstić information content (AvgIpc) is 2.41. The highest BCUT2D eigenvalue weighted by Crippen LogP contribution is 2.21. The number of ether oxygens (including phenoxy) is 1. The maximum atomic E-state index is 5.50. The van der Waals surface area contributed by atoms with Crippen LogP contribution >= 0.6 is 22.6 Å². The number of nitrogens with zero attached hydrogens (tertiary/aromatic N) is 3. The van der Waals surface area contributed by atoms with Gasteiger partial charge < -0.3 is 4.74 Å². The second kappa shape index (κ2) is 7.35. The molecular formula is C15H17IN4O. The Morgan fingerprint density at radius 2 is 1.95 bits per heavy atom. The Hall–Kier alpha value is -1.70. The molecule has 1 heterocycles. The second-order valence-electron chi connectivity index (χ2n) is 4.47. The molecule has 1 N–H and O–H groups in total. The maximum absolute atomic E-state index is 5.50. The number of rotatable bonds is 5. The molecule has 0 bridgehead atoms. The normalized spacial score (nSPS) is 10.9. The minimum atomic E-state index is 0.504. The first-order valence-corrected chi connectivity index (χ1v) is 7.70. The molecule has 0 aliphatic carbocycles. The standard InChI is InChI=1S/C15H17IN4O/c1-4-21-14-6-5-12(8-13(14)16)9-17-20-15-18-10(2)7-11(3)19-15/h5-9H,4H2,1-3H3,(H,18,19,20)/b17-9+. The number of hydrogen-bond donors (Lipinski definition) is 1. The summed E-state index contributed by atoms with van der Waals surface area (Å²) in [6.07, 6.45) is 1.74. The molecule has 0 spiro atoms. The number of anilines is 1. The monoisotopic (exact) mass is 396 g/mol. The molecule has 2 rings (SSSR count). The Morgan fingerprint density at radius 3 is 2.57 bits per heavy atom. The molecule has 0 saturated heterocycles. The van der Waals surface area contributed by atoms with E-state index in [1.165, 1.54) is 0 Å². The highest BCUT2D eigenvalue weighted by molar-refractivity contribution is 14.1. The van der Waals surface area contributed by atoms with Crippen LogP contribution in [-0.4, -0.2) is 22.8 Å². The van der Waals surface area contributed by atoms with Crippen molar-refractivity contribution in [3.05, 3.63) is 44.8 Å². The van der Waals surface area contributed by atoms with Gasteiger partial charge in [0.2, 0.25) is 5.95 Å². The SMILES string of the molecule is CCOc1ccc(/C=N/Nc2nc(C)cc(C)n2)cc1I. The van der Waals surface area contributed by atoms with Gasteiger partial charge >= 0.3 is 0 Å². The van der Waals surface area contributed by atoms with E-state index in [0.29, 0.717) is 12.6 Å². The fourth-order valence-electron chi connectivity index (χ4n) is 1.81. The zero-order chi connectivity index (χ0) is 15.2. The third-order valence-electron chi connectivity index (χ3n) is 2.62. The molecule has 0 fully saturated rings. The Bertz CT molecular complexity index is 638. The van der Waals surface area contributed by atoms with E-state index in [1.807, 2.05) is 45.0 Å². The smallest absolute Gasteiger partial charge is 0.243 e. The lowest BCUT2D eigenvalue weighted by atomic mass is 10.2. The molecule has 0 amide bonds. The summed E-state index contributed by atoms with van der Waals surface area (Å²) >= 11 is 2.25. The molecule has 110 valence electrons. The predicted octanol–water partition coefficient (Wildman–Crippen LogP) is 3.54. The lowest BCUT2D eigenvalue weighted by Crippen LogP contribution is -2.00. The summed E-state index contributed by atoms with van der Waals surface area (Å²) < 4.78 is 6.56. The summed E-state index contributed by atoms with van der Waals surface area (Å²) in [6.45, 7) is 6.49. The lowest BCUT2D eigenvalue weighted by Gasteiger charge is -2.06. The van der Waals surface area contributed by atoms with Crippen LogP contribution < -0.4 is 10.2 Å². The van der Waals surface area contributed by atoms with Crippen LogP contribution in [0.4, 0.5) is 5.95 Å². The van der Waals surface area contributed by atoms with Gasteiger partial charge in [0.15, 0.2) is 0 Å². The lowest BCUT2D eigenvalue weighted by molar-refractivity contribution is 0.338. The molecule has 21 heavy (non-hydrogen) atoms. The van der Waals surface area contributed by atoms with Crippen molar-refractivity contribution in [1.29, 1.82) is 0 Å². The summed E-state index contributed by atoms with van der Waals surface area (Å²) in [6, 6.07) is 7.84. The van der Waals surface area contributed by atoms with Gasteiger partial charge in [-0.25, -0.2) is 15.4 Å². The van der Waals surface area contributed by atoms with Crippen LogP contribution in [0.25, 0.3) is 0 Å². The number of halogens is 1. The third kappa shape index (κ3) is 4.66. The fourth-order valence-corrected chi connectivity index (χ4v) is 2.51. The second-order valence-corrected chi connectivity index (χ2v) is 5.63. The number of hydrazone groups is 1. The summed E-state index contributed by atoms with van der Waals surface area (Å²) in [5, 5.41) is 4.17. The molecule has 1 aromatic heterocycles. The summed E-state index contributed by atoms with van der Waals surface area (Å²) in [4.78, 5) is 8.53. The third-order valence-corrected chi connectivity index (χ3v) is 3.46. The zero-order valence-corrected chi connectivity index (χ0v) is 14.4. The van der Waals surface area contributed by atoms with Crippen molar-refractivity contribution in [2.45, 2.75) is 20.8 Å². The molecule has 0 saturated carbocycles. The van der Waals surface area contributed by atoms with Crippen molar-refractivity contribution < 1.29 is 4.74 Å².